The molecule has 0 aliphatic heterocycles. The second-order valence-corrected chi connectivity index (χ2v) is 13.5. The molecular formula is C31H32Cl2F3N3O4S. The Bertz CT molecular complexity index is 1610. The number of sulfonamides is 1. The fourth-order valence-corrected chi connectivity index (χ4v) is 6.74. The number of carbonyl (C=O) groups is 2. The molecule has 1 fully saturated rings. The number of aryl methyl sites for hydroxylation is 1. The molecule has 0 saturated heterocycles. The van der Waals surface area contributed by atoms with Crippen molar-refractivity contribution in [3.63, 3.8) is 0 Å². The van der Waals surface area contributed by atoms with Gasteiger partial charge in [-0.1, -0.05) is 65.9 Å². The molecule has 0 spiro atoms. The summed E-state index contributed by atoms with van der Waals surface area (Å²) in [6.45, 7) is 2.25. The van der Waals surface area contributed by atoms with Crippen LogP contribution in [0.5, 0.6) is 0 Å². The van der Waals surface area contributed by atoms with Gasteiger partial charge in [-0.05, 0) is 74.7 Å². The summed E-state index contributed by atoms with van der Waals surface area (Å²) in [6.07, 6.45) is -1.22. The van der Waals surface area contributed by atoms with Crippen molar-refractivity contribution in [2.75, 3.05) is 10.8 Å². The SMILES string of the molecule is Cc1ccc(S(=O)(=O)N(CC(=O)N(Cc2ccc(Cl)c(Cl)c2)[C@@H](C)C(=O)NC2CCCC2)c2cccc(C(F)(F)F)c2)cc1. The number of hydrogen-bond donors (Lipinski definition) is 1. The minimum absolute atomic E-state index is 0.0459. The van der Waals surface area contributed by atoms with E-state index >= 15 is 0 Å². The summed E-state index contributed by atoms with van der Waals surface area (Å²) in [6, 6.07) is 13.1. The predicted molar refractivity (Wildman–Crippen MR) is 164 cm³/mol. The Morgan fingerprint density at radius 1 is 0.977 bits per heavy atom. The van der Waals surface area contributed by atoms with Crippen LogP contribution in [0.1, 0.15) is 49.3 Å². The first-order valence-corrected chi connectivity index (χ1v) is 16.2. The number of nitrogens with zero attached hydrogens (tertiary/aromatic N) is 2. The molecule has 4 rings (SSSR count). The van der Waals surface area contributed by atoms with E-state index in [1.54, 1.807) is 25.1 Å². The van der Waals surface area contributed by atoms with Crippen LogP contribution in [0.3, 0.4) is 0 Å². The zero-order valence-corrected chi connectivity index (χ0v) is 26.4. The lowest BCUT2D eigenvalue weighted by atomic mass is 10.1. The number of carbonyl (C=O) groups excluding carboxylic acids is 2. The average Bonchev–Trinajstić information content (AvgIpc) is 3.48. The summed E-state index contributed by atoms with van der Waals surface area (Å²) in [5.41, 5.74) is -0.157. The van der Waals surface area contributed by atoms with Gasteiger partial charge >= 0.3 is 6.18 Å². The molecule has 1 N–H and O–H groups in total. The predicted octanol–water partition coefficient (Wildman–Crippen LogP) is 6.99. The van der Waals surface area contributed by atoms with Gasteiger partial charge in [-0.15, -0.1) is 0 Å². The van der Waals surface area contributed by atoms with Crippen molar-refractivity contribution in [1.29, 1.82) is 0 Å². The van der Waals surface area contributed by atoms with Crippen LogP contribution in [0.2, 0.25) is 10.0 Å². The van der Waals surface area contributed by atoms with Gasteiger partial charge < -0.3 is 10.2 Å². The summed E-state index contributed by atoms with van der Waals surface area (Å²) in [7, 11) is -4.53. The van der Waals surface area contributed by atoms with Gasteiger partial charge in [-0.2, -0.15) is 13.2 Å². The second kappa shape index (κ2) is 13.8. The van der Waals surface area contributed by atoms with Crippen LogP contribution in [0.4, 0.5) is 18.9 Å². The Morgan fingerprint density at radius 2 is 1.64 bits per heavy atom. The van der Waals surface area contributed by atoms with Gasteiger partial charge in [0.2, 0.25) is 11.8 Å². The van der Waals surface area contributed by atoms with Crippen LogP contribution < -0.4 is 9.62 Å². The summed E-state index contributed by atoms with van der Waals surface area (Å²) in [5, 5.41) is 3.45. The van der Waals surface area contributed by atoms with E-state index in [2.05, 4.69) is 5.32 Å². The summed E-state index contributed by atoms with van der Waals surface area (Å²) < 4.78 is 69.4. The van der Waals surface area contributed by atoms with E-state index in [1.807, 2.05) is 0 Å². The van der Waals surface area contributed by atoms with Crippen molar-refractivity contribution in [1.82, 2.24) is 10.2 Å². The molecule has 13 heteroatoms. The van der Waals surface area contributed by atoms with E-state index in [9.17, 15) is 31.2 Å². The van der Waals surface area contributed by atoms with E-state index < -0.39 is 46.2 Å². The Balaban J connectivity index is 1.74. The standard InChI is InChI=1S/C31H32Cl2F3N3O4S/c1-20-10-13-26(14-11-20)44(42,43)39(25-9-5-6-23(17-25)31(34,35)36)19-29(40)38(18-22-12-15-27(32)28(33)16-22)21(2)30(41)37-24-7-3-4-8-24/h5-6,9-17,21,24H,3-4,7-8,18-19H2,1-2H3,(H,37,41)/t21-/m0/s1. The van der Waals surface area contributed by atoms with Crippen molar-refractivity contribution in [2.24, 2.45) is 0 Å². The van der Waals surface area contributed by atoms with Crippen molar-refractivity contribution >= 4 is 50.7 Å². The number of halogens is 5. The summed E-state index contributed by atoms with van der Waals surface area (Å²) in [5.74, 6) is -1.24. The molecule has 3 aromatic rings. The van der Waals surface area contributed by atoms with Gasteiger partial charge in [-0.3, -0.25) is 13.9 Å². The quantitative estimate of drug-likeness (QED) is 0.252. The highest BCUT2D eigenvalue weighted by molar-refractivity contribution is 7.92. The van der Waals surface area contributed by atoms with Crippen LogP contribution >= 0.6 is 23.2 Å². The van der Waals surface area contributed by atoms with Crippen molar-refractivity contribution < 1.29 is 31.2 Å². The highest BCUT2D eigenvalue weighted by Gasteiger charge is 2.35. The van der Waals surface area contributed by atoms with E-state index in [1.165, 1.54) is 42.2 Å². The number of anilines is 1. The third-order valence-corrected chi connectivity index (χ3v) is 10.1. The van der Waals surface area contributed by atoms with E-state index in [0.717, 1.165) is 43.4 Å². The number of alkyl halides is 3. The zero-order valence-electron chi connectivity index (χ0n) is 24.1. The molecule has 0 bridgehead atoms. The van der Waals surface area contributed by atoms with Crippen molar-refractivity contribution in [3.8, 4) is 0 Å². The van der Waals surface area contributed by atoms with Gasteiger partial charge in [0, 0.05) is 12.6 Å². The molecule has 7 nitrogen and oxygen atoms in total. The third-order valence-electron chi connectivity index (χ3n) is 7.56. The lowest BCUT2D eigenvalue weighted by molar-refractivity contribution is -0.139. The van der Waals surface area contributed by atoms with Crippen LogP contribution in [-0.2, 0) is 32.3 Å². The van der Waals surface area contributed by atoms with Crippen LogP contribution in [-0.4, -0.2) is 43.8 Å². The summed E-state index contributed by atoms with van der Waals surface area (Å²) >= 11 is 12.3. The smallest absolute Gasteiger partial charge is 0.352 e. The van der Waals surface area contributed by atoms with Gasteiger partial charge in [0.1, 0.15) is 12.6 Å². The first-order valence-electron chi connectivity index (χ1n) is 14.0. The Hall–Kier alpha value is -3.28. The van der Waals surface area contributed by atoms with Crippen LogP contribution in [0.25, 0.3) is 0 Å². The number of rotatable bonds is 10. The third kappa shape index (κ3) is 8.05. The van der Waals surface area contributed by atoms with E-state index in [-0.39, 0.29) is 33.2 Å². The van der Waals surface area contributed by atoms with Crippen molar-refractivity contribution in [3.05, 3.63) is 93.5 Å². The molecule has 0 aromatic heterocycles. The minimum atomic E-state index is -4.76. The highest BCUT2D eigenvalue weighted by atomic mass is 35.5. The Morgan fingerprint density at radius 3 is 2.25 bits per heavy atom. The number of nitrogens with one attached hydrogen (secondary N) is 1. The van der Waals surface area contributed by atoms with Gasteiger partial charge in [-0.25, -0.2) is 8.42 Å². The maximum Gasteiger partial charge on any atom is 0.416 e. The molecular weight excluding hydrogens is 638 g/mol. The maximum atomic E-state index is 14.0. The second-order valence-electron chi connectivity index (χ2n) is 10.8. The molecule has 1 aliphatic carbocycles. The molecule has 236 valence electrons. The number of hydrogen-bond acceptors (Lipinski definition) is 4. The normalized spacial score (nSPS) is 14.7. The Kier molecular flexibility index (Phi) is 10.5. The monoisotopic (exact) mass is 669 g/mol. The minimum Gasteiger partial charge on any atom is -0.352 e. The molecule has 0 unspecified atom stereocenters. The number of benzene rings is 3. The maximum absolute atomic E-state index is 14.0. The summed E-state index contributed by atoms with van der Waals surface area (Å²) in [4.78, 5) is 28.3. The molecule has 0 heterocycles. The van der Waals surface area contributed by atoms with E-state index in [4.69, 9.17) is 23.2 Å². The van der Waals surface area contributed by atoms with E-state index in [0.29, 0.717) is 15.9 Å². The molecule has 1 aliphatic rings. The van der Waals surface area contributed by atoms with Crippen LogP contribution in [0.15, 0.2) is 71.6 Å². The van der Waals surface area contributed by atoms with Gasteiger partial charge in [0.05, 0.1) is 26.2 Å². The van der Waals surface area contributed by atoms with Gasteiger partial charge in [0.25, 0.3) is 10.0 Å². The fourth-order valence-electron chi connectivity index (χ4n) is 5.01. The first-order chi connectivity index (χ1) is 20.7. The Labute approximate surface area is 265 Å². The average molecular weight is 671 g/mol. The number of amides is 2. The molecule has 3 aromatic carbocycles. The first kappa shape index (κ1) is 33.6. The van der Waals surface area contributed by atoms with Crippen LogP contribution in [0, 0.1) is 6.92 Å². The molecule has 2 amide bonds. The lowest BCUT2D eigenvalue weighted by Crippen LogP contribution is -2.52. The topological polar surface area (TPSA) is 86.8 Å². The van der Waals surface area contributed by atoms with Crippen molar-refractivity contribution in [2.45, 2.75) is 69.2 Å². The lowest BCUT2D eigenvalue weighted by Gasteiger charge is -2.32. The molecule has 1 saturated carbocycles. The highest BCUT2D eigenvalue weighted by Crippen LogP contribution is 2.33. The molecule has 1 atom stereocenters. The zero-order chi connectivity index (χ0) is 32.2. The molecule has 0 radical (unpaired) electrons. The van der Waals surface area contributed by atoms with Gasteiger partial charge in [0.15, 0.2) is 0 Å². The fraction of sp³-hybridized carbons (Fsp3) is 0.355. The largest absolute Gasteiger partial charge is 0.416 e. The molecule has 44 heavy (non-hydrogen) atoms.